The molecule has 62 heavy (non-hydrogen) atoms. The lowest BCUT2D eigenvalue weighted by Crippen LogP contribution is -2.05. The maximum atomic E-state index is 4.66. The van der Waals surface area contributed by atoms with E-state index in [0.717, 1.165) is 98.6 Å². The average Bonchev–Trinajstić information content (AvgIpc) is 4.05. The fraction of sp³-hybridized carbons (Fsp3) is 0. The van der Waals surface area contributed by atoms with Gasteiger partial charge in [0.1, 0.15) is 11.4 Å². The average molecular weight is 789 g/mol. The van der Waals surface area contributed by atoms with E-state index in [0.29, 0.717) is 11.4 Å². The van der Waals surface area contributed by atoms with Gasteiger partial charge in [-0.15, -0.1) is 0 Å². The number of para-hydroxylation sites is 8. The van der Waals surface area contributed by atoms with Gasteiger partial charge in [-0.1, -0.05) is 159 Å². The first-order valence-electron chi connectivity index (χ1n) is 20.8. The number of allylic oxidation sites excluding steroid dienone is 4. The Morgan fingerprint density at radius 1 is 0.242 bits per heavy atom. The molecule has 0 unspecified atom stereocenters. The van der Waals surface area contributed by atoms with Crippen LogP contribution in [0, 0.1) is 23.7 Å². The largest absolute Gasteiger partial charge is 0.302 e. The summed E-state index contributed by atoms with van der Waals surface area (Å²) in [5.41, 5.74) is 11.1. The van der Waals surface area contributed by atoms with Crippen molar-refractivity contribution in [3.05, 3.63) is 207 Å². The second-order valence-electron chi connectivity index (χ2n) is 15.6. The molecular weight excluding hydrogens is 753 g/mol. The Balaban J connectivity index is 1.21. The molecule has 12 aromatic rings. The van der Waals surface area contributed by atoms with Crippen molar-refractivity contribution in [3.63, 3.8) is 0 Å². The van der Waals surface area contributed by atoms with Gasteiger partial charge in [0.2, 0.25) is 0 Å². The van der Waals surface area contributed by atoms with Crippen LogP contribution in [0.25, 0.3) is 110 Å². The predicted molar refractivity (Wildman–Crippen MR) is 263 cm³/mol. The van der Waals surface area contributed by atoms with Crippen molar-refractivity contribution < 1.29 is 0 Å². The third-order valence-corrected chi connectivity index (χ3v) is 12.2. The highest BCUT2D eigenvalue weighted by Crippen LogP contribution is 2.38. The molecule has 0 spiro atoms. The van der Waals surface area contributed by atoms with Crippen LogP contribution in [-0.4, -0.2) is 18.3 Å². The molecule has 0 atom stereocenters. The molecule has 288 valence electrons. The van der Waals surface area contributed by atoms with Crippen LogP contribution in [0.3, 0.4) is 0 Å². The van der Waals surface area contributed by atoms with Crippen molar-refractivity contribution in [3.8, 4) is 23.7 Å². The first-order valence-corrected chi connectivity index (χ1v) is 20.8. The van der Waals surface area contributed by atoms with E-state index < -0.39 is 0 Å². The van der Waals surface area contributed by atoms with Crippen LogP contribution in [0.2, 0.25) is 0 Å². The van der Waals surface area contributed by atoms with Gasteiger partial charge in [-0.05, 0) is 72.2 Å². The van der Waals surface area contributed by atoms with Gasteiger partial charge in [-0.2, -0.15) is 0 Å². The zero-order chi connectivity index (χ0) is 41.3. The van der Waals surface area contributed by atoms with E-state index in [9.17, 15) is 0 Å². The van der Waals surface area contributed by atoms with Gasteiger partial charge in [-0.25, -0.2) is 0 Å². The number of hydrogen-bond acceptors (Lipinski definition) is 0. The normalized spacial score (nSPS) is 12.0. The molecule has 0 bridgehead atoms. The maximum Gasteiger partial charge on any atom is 0.131 e. The van der Waals surface area contributed by atoms with E-state index in [1.807, 2.05) is 0 Å². The fourth-order valence-corrected chi connectivity index (χ4v) is 9.57. The summed E-state index contributed by atoms with van der Waals surface area (Å²) in [7, 11) is 0. The molecule has 0 fully saturated rings. The van der Waals surface area contributed by atoms with Gasteiger partial charge in [0.15, 0.2) is 0 Å². The molecule has 12 rings (SSSR count). The van der Waals surface area contributed by atoms with Crippen LogP contribution in [0.1, 0.15) is 0 Å². The Morgan fingerprint density at radius 2 is 0.419 bits per heavy atom. The van der Waals surface area contributed by atoms with E-state index in [2.05, 4.69) is 249 Å². The van der Waals surface area contributed by atoms with E-state index in [1.54, 1.807) is 0 Å². The lowest BCUT2D eigenvalue weighted by atomic mass is 10.2. The summed E-state index contributed by atoms with van der Waals surface area (Å²) >= 11 is 0. The van der Waals surface area contributed by atoms with Crippen molar-refractivity contribution in [2.24, 2.45) is 0 Å². The van der Waals surface area contributed by atoms with Gasteiger partial charge < -0.3 is 9.13 Å². The highest BCUT2D eigenvalue weighted by atomic mass is 15.1. The summed E-state index contributed by atoms with van der Waals surface area (Å²) in [6, 6.07) is 68.0. The van der Waals surface area contributed by atoms with Gasteiger partial charge in [0.05, 0.1) is 55.5 Å². The van der Waals surface area contributed by atoms with Gasteiger partial charge in [-0.3, -0.25) is 9.13 Å². The number of fused-ring (bicyclic) bond motifs is 12. The minimum atomic E-state index is 0.657. The number of rotatable bonds is 4. The SMILES string of the molecule is C=C(C#C/C(=C(/C#CC(=C)n1c2ccccc2c2ccccc21)n1c2ccccc2c2ccccc21)n1c2ccccc2c2ccccc21)n1c2ccccc2c2ccccc21. The minimum absolute atomic E-state index is 0.657. The first-order chi connectivity index (χ1) is 30.7. The molecule has 0 N–H and O–H groups in total. The molecule has 0 amide bonds. The van der Waals surface area contributed by atoms with Gasteiger partial charge in [0, 0.05) is 43.1 Å². The van der Waals surface area contributed by atoms with Gasteiger partial charge in [0.25, 0.3) is 0 Å². The lowest BCUT2D eigenvalue weighted by molar-refractivity contribution is 1.19. The minimum Gasteiger partial charge on any atom is -0.302 e. The molecule has 0 saturated carbocycles. The third-order valence-electron chi connectivity index (χ3n) is 12.2. The summed E-state index contributed by atoms with van der Waals surface area (Å²) < 4.78 is 8.93. The Hall–Kier alpha value is -8.70. The highest BCUT2D eigenvalue weighted by molar-refractivity contribution is 6.17. The molecule has 4 nitrogen and oxygen atoms in total. The van der Waals surface area contributed by atoms with Gasteiger partial charge >= 0.3 is 0 Å². The monoisotopic (exact) mass is 788 g/mol. The summed E-state index contributed by atoms with van der Waals surface area (Å²) in [5.74, 6) is 14.8. The van der Waals surface area contributed by atoms with Crippen LogP contribution >= 0.6 is 0 Å². The number of benzene rings is 8. The van der Waals surface area contributed by atoms with Crippen LogP contribution in [0.4, 0.5) is 0 Å². The molecule has 4 heterocycles. The van der Waals surface area contributed by atoms with Crippen LogP contribution in [0.5, 0.6) is 0 Å². The highest BCUT2D eigenvalue weighted by Gasteiger charge is 2.21. The quantitative estimate of drug-likeness (QED) is 0.158. The van der Waals surface area contributed by atoms with Crippen molar-refractivity contribution in [2.45, 2.75) is 0 Å². The van der Waals surface area contributed by atoms with Crippen molar-refractivity contribution in [1.29, 1.82) is 0 Å². The van der Waals surface area contributed by atoms with E-state index >= 15 is 0 Å². The van der Waals surface area contributed by atoms with Crippen molar-refractivity contribution >= 4 is 110 Å². The zero-order valence-electron chi connectivity index (χ0n) is 33.7. The summed E-state index contributed by atoms with van der Waals surface area (Å²) in [6.45, 7) is 9.32. The second-order valence-corrected chi connectivity index (χ2v) is 15.6. The van der Waals surface area contributed by atoms with Crippen LogP contribution in [0.15, 0.2) is 207 Å². The number of hydrogen-bond donors (Lipinski definition) is 0. The predicted octanol–water partition coefficient (Wildman–Crippen LogP) is 14.3. The second kappa shape index (κ2) is 14.0. The molecule has 4 aromatic heterocycles. The summed E-state index contributed by atoms with van der Waals surface area (Å²) in [5, 5.41) is 9.16. The Bertz CT molecular complexity index is 3560. The molecule has 0 saturated heterocycles. The van der Waals surface area contributed by atoms with E-state index in [4.69, 9.17) is 0 Å². The first kappa shape index (κ1) is 35.3. The fourth-order valence-electron chi connectivity index (χ4n) is 9.57. The molecule has 0 aliphatic heterocycles. The molecule has 0 aliphatic rings. The lowest BCUT2D eigenvalue weighted by Gasteiger charge is -2.15. The van der Waals surface area contributed by atoms with E-state index in [-0.39, 0.29) is 0 Å². The molecule has 0 radical (unpaired) electrons. The number of aromatic nitrogens is 4. The van der Waals surface area contributed by atoms with Crippen LogP contribution < -0.4 is 0 Å². The van der Waals surface area contributed by atoms with Crippen molar-refractivity contribution in [2.75, 3.05) is 0 Å². The molecular formula is C58H36N4. The Kier molecular flexibility index (Phi) is 7.94. The maximum absolute atomic E-state index is 4.66. The van der Waals surface area contributed by atoms with Crippen molar-refractivity contribution in [1.82, 2.24) is 18.3 Å². The smallest absolute Gasteiger partial charge is 0.131 e. The Labute approximate surface area is 357 Å². The summed E-state index contributed by atoms with van der Waals surface area (Å²) in [6.07, 6.45) is 0. The van der Waals surface area contributed by atoms with E-state index in [1.165, 1.54) is 0 Å². The number of nitrogens with zero attached hydrogens (tertiary/aromatic N) is 4. The standard InChI is InChI=1S/C58H36N4/c1-39(59-49-27-11-3-19-41(49)42-20-4-12-28-50(42)59)35-37-57(61-53-31-15-7-23-45(53)46-24-8-16-32-54(46)61)58(62-55-33-17-9-25-47(55)48-26-10-18-34-56(48)62)38-36-40(2)60-51-29-13-5-21-43(51)44-22-6-14-30-52(44)60/h3-34H,1-2H2/b58-57+. The molecule has 0 aliphatic carbocycles. The topological polar surface area (TPSA) is 19.7 Å². The summed E-state index contributed by atoms with van der Waals surface area (Å²) in [4.78, 5) is 0. The third kappa shape index (κ3) is 5.25. The molecule has 8 aromatic carbocycles. The zero-order valence-corrected chi connectivity index (χ0v) is 33.7. The van der Waals surface area contributed by atoms with Crippen LogP contribution in [-0.2, 0) is 0 Å². The molecule has 4 heteroatoms. The Morgan fingerprint density at radius 3 is 0.629 bits per heavy atom.